The predicted molar refractivity (Wildman–Crippen MR) is 205 cm³/mol. The smallest absolute Gasteiger partial charge is 0.160 e. The monoisotopic (exact) mass is 638 g/mol. The minimum Gasteiger partial charge on any atom is -0.228 e. The molecule has 0 N–H and O–H groups in total. The molecule has 234 valence electrons. The lowest BCUT2D eigenvalue weighted by Gasteiger charge is -2.15. The Labute approximate surface area is 290 Å². The highest BCUT2D eigenvalue weighted by molar-refractivity contribution is 6.14. The molecule has 4 nitrogen and oxygen atoms in total. The van der Waals surface area contributed by atoms with E-state index in [4.69, 9.17) is 19.9 Å². The Hall–Kier alpha value is -6.78. The lowest BCUT2D eigenvalue weighted by Crippen LogP contribution is -2.00. The second kappa shape index (κ2) is 12.7. The second-order valence-corrected chi connectivity index (χ2v) is 12.3. The van der Waals surface area contributed by atoms with Gasteiger partial charge in [-0.1, -0.05) is 170 Å². The van der Waals surface area contributed by atoms with E-state index in [1.807, 2.05) is 60.7 Å². The normalized spacial score (nSPS) is 11.2. The largest absolute Gasteiger partial charge is 0.228 e. The molecule has 9 rings (SSSR count). The average Bonchev–Trinajstić information content (AvgIpc) is 3.21. The number of fused-ring (bicyclic) bond motifs is 3. The van der Waals surface area contributed by atoms with Crippen molar-refractivity contribution >= 4 is 21.8 Å². The van der Waals surface area contributed by atoms with E-state index < -0.39 is 0 Å². The topological polar surface area (TPSA) is 51.6 Å². The van der Waals surface area contributed by atoms with Crippen molar-refractivity contribution in [3.05, 3.63) is 182 Å². The second-order valence-electron chi connectivity index (χ2n) is 12.3. The lowest BCUT2D eigenvalue weighted by molar-refractivity contribution is 1.21. The quantitative estimate of drug-likeness (QED) is 0.170. The molecule has 2 heterocycles. The molecule has 0 aliphatic heterocycles. The standard InChI is InChI=1S/C46H30N4/c1-5-13-31(14-6-1)33-21-25-36(26-22-33)42-39-29-30-40-41(43(35-17-9-3-10-18-35)49-45(47-40)37-19-11-4-12-20-37)44(39)50-46(48-42)38-27-23-34(24-28-38)32-15-7-2-8-16-32/h1-30H. The van der Waals surface area contributed by atoms with E-state index in [1.54, 1.807) is 0 Å². The number of nitrogens with zero attached hydrogens (tertiary/aromatic N) is 4. The number of hydrogen-bond acceptors (Lipinski definition) is 4. The van der Waals surface area contributed by atoms with E-state index in [2.05, 4.69) is 121 Å². The molecule has 9 aromatic rings. The van der Waals surface area contributed by atoms with Gasteiger partial charge < -0.3 is 0 Å². The number of aromatic nitrogens is 4. The zero-order chi connectivity index (χ0) is 33.3. The first-order valence-electron chi connectivity index (χ1n) is 16.7. The molecular formula is C46H30N4. The Bertz CT molecular complexity index is 2590. The van der Waals surface area contributed by atoms with Crippen molar-refractivity contribution in [2.45, 2.75) is 0 Å². The summed E-state index contributed by atoms with van der Waals surface area (Å²) in [6, 6.07) is 62.6. The van der Waals surface area contributed by atoms with Gasteiger partial charge in [0, 0.05) is 27.6 Å². The van der Waals surface area contributed by atoms with Crippen LogP contribution in [0.25, 0.3) is 89.4 Å². The van der Waals surface area contributed by atoms with Crippen LogP contribution in [0.4, 0.5) is 0 Å². The van der Waals surface area contributed by atoms with Crippen LogP contribution in [0, 0.1) is 0 Å². The van der Waals surface area contributed by atoms with E-state index >= 15 is 0 Å². The molecule has 0 atom stereocenters. The summed E-state index contributed by atoms with van der Waals surface area (Å²) in [5.74, 6) is 1.33. The highest BCUT2D eigenvalue weighted by atomic mass is 14.9. The summed E-state index contributed by atoms with van der Waals surface area (Å²) in [6.07, 6.45) is 0. The van der Waals surface area contributed by atoms with Crippen molar-refractivity contribution < 1.29 is 0 Å². The summed E-state index contributed by atoms with van der Waals surface area (Å²) >= 11 is 0. The van der Waals surface area contributed by atoms with Gasteiger partial charge in [-0.25, -0.2) is 19.9 Å². The van der Waals surface area contributed by atoms with Crippen molar-refractivity contribution in [3.8, 4) is 67.5 Å². The first kappa shape index (κ1) is 29.4. The molecule has 0 unspecified atom stereocenters. The third-order valence-electron chi connectivity index (χ3n) is 9.12. The third-order valence-corrected chi connectivity index (χ3v) is 9.12. The molecule has 4 heteroatoms. The maximum absolute atomic E-state index is 5.32. The first-order chi connectivity index (χ1) is 24.8. The van der Waals surface area contributed by atoms with Gasteiger partial charge in [-0.2, -0.15) is 0 Å². The van der Waals surface area contributed by atoms with Gasteiger partial charge in [0.1, 0.15) is 0 Å². The maximum Gasteiger partial charge on any atom is 0.160 e. The summed E-state index contributed by atoms with van der Waals surface area (Å²) in [7, 11) is 0. The zero-order valence-corrected chi connectivity index (χ0v) is 27.1. The summed E-state index contributed by atoms with van der Waals surface area (Å²) in [5.41, 5.74) is 11.9. The van der Waals surface area contributed by atoms with Gasteiger partial charge in [0.05, 0.1) is 27.8 Å². The van der Waals surface area contributed by atoms with Gasteiger partial charge in [0.2, 0.25) is 0 Å². The van der Waals surface area contributed by atoms with Crippen LogP contribution in [0.1, 0.15) is 0 Å². The fourth-order valence-electron chi connectivity index (χ4n) is 6.58. The number of benzene rings is 7. The number of rotatable bonds is 6. The van der Waals surface area contributed by atoms with E-state index in [1.165, 1.54) is 11.1 Å². The van der Waals surface area contributed by atoms with Crippen molar-refractivity contribution in [3.63, 3.8) is 0 Å². The van der Waals surface area contributed by atoms with Crippen LogP contribution in [-0.2, 0) is 0 Å². The van der Waals surface area contributed by atoms with Crippen LogP contribution in [0.15, 0.2) is 182 Å². The summed E-state index contributed by atoms with van der Waals surface area (Å²) in [5, 5.41) is 1.85. The van der Waals surface area contributed by atoms with Gasteiger partial charge in [-0.05, 0) is 34.4 Å². The van der Waals surface area contributed by atoms with Crippen LogP contribution in [0.5, 0.6) is 0 Å². The fourth-order valence-corrected chi connectivity index (χ4v) is 6.58. The lowest BCUT2D eigenvalue weighted by atomic mass is 9.98. The van der Waals surface area contributed by atoms with Crippen molar-refractivity contribution in [2.24, 2.45) is 0 Å². The zero-order valence-electron chi connectivity index (χ0n) is 27.1. The highest BCUT2D eigenvalue weighted by Gasteiger charge is 2.19. The molecule has 0 aliphatic carbocycles. The van der Waals surface area contributed by atoms with Crippen molar-refractivity contribution in [1.82, 2.24) is 19.9 Å². The Balaban J connectivity index is 1.30. The molecule has 0 bridgehead atoms. The maximum atomic E-state index is 5.32. The minimum absolute atomic E-state index is 0.651. The summed E-state index contributed by atoms with van der Waals surface area (Å²) in [4.78, 5) is 20.9. The molecule has 2 aromatic heterocycles. The Morgan fingerprint density at radius 1 is 0.260 bits per heavy atom. The van der Waals surface area contributed by atoms with Crippen LogP contribution in [-0.4, -0.2) is 19.9 Å². The highest BCUT2D eigenvalue weighted by Crippen LogP contribution is 2.38. The molecule has 0 saturated carbocycles. The number of hydrogen-bond donors (Lipinski definition) is 0. The molecular weight excluding hydrogens is 609 g/mol. The first-order valence-corrected chi connectivity index (χ1v) is 16.7. The summed E-state index contributed by atoms with van der Waals surface area (Å²) < 4.78 is 0. The van der Waals surface area contributed by atoms with E-state index in [-0.39, 0.29) is 0 Å². The van der Waals surface area contributed by atoms with E-state index in [9.17, 15) is 0 Å². The SMILES string of the molecule is c1ccc(-c2ccc(-c3nc(-c4ccc(-c5ccccc5)cc4)c4ccc5nc(-c6ccccc6)nc(-c6ccccc6)c5c4n3)cc2)cc1. The third kappa shape index (κ3) is 5.49. The Kier molecular flexibility index (Phi) is 7.45. The van der Waals surface area contributed by atoms with E-state index in [0.29, 0.717) is 11.6 Å². The minimum atomic E-state index is 0.651. The van der Waals surface area contributed by atoms with Gasteiger partial charge in [-0.15, -0.1) is 0 Å². The van der Waals surface area contributed by atoms with Gasteiger partial charge in [0.25, 0.3) is 0 Å². The molecule has 0 saturated heterocycles. The Morgan fingerprint density at radius 2 is 0.640 bits per heavy atom. The molecule has 7 aromatic carbocycles. The van der Waals surface area contributed by atoms with Gasteiger partial charge >= 0.3 is 0 Å². The average molecular weight is 639 g/mol. The van der Waals surface area contributed by atoms with Gasteiger partial charge in [-0.3, -0.25) is 0 Å². The van der Waals surface area contributed by atoms with Crippen LogP contribution in [0.3, 0.4) is 0 Å². The van der Waals surface area contributed by atoms with Crippen LogP contribution in [0.2, 0.25) is 0 Å². The van der Waals surface area contributed by atoms with Crippen molar-refractivity contribution in [1.29, 1.82) is 0 Å². The Morgan fingerprint density at radius 3 is 1.20 bits per heavy atom. The van der Waals surface area contributed by atoms with Gasteiger partial charge in [0.15, 0.2) is 11.6 Å². The van der Waals surface area contributed by atoms with Crippen LogP contribution < -0.4 is 0 Å². The molecule has 50 heavy (non-hydrogen) atoms. The molecule has 0 aliphatic rings. The molecule has 0 radical (unpaired) electrons. The van der Waals surface area contributed by atoms with E-state index in [0.717, 1.165) is 66.6 Å². The van der Waals surface area contributed by atoms with Crippen LogP contribution >= 0.6 is 0 Å². The molecule has 0 fully saturated rings. The molecule has 0 spiro atoms. The molecule has 0 amide bonds. The summed E-state index contributed by atoms with van der Waals surface area (Å²) in [6.45, 7) is 0. The van der Waals surface area contributed by atoms with Crippen molar-refractivity contribution in [2.75, 3.05) is 0 Å². The predicted octanol–water partition coefficient (Wildman–Crippen LogP) is 11.6. The fraction of sp³-hybridized carbons (Fsp3) is 0.